The van der Waals surface area contributed by atoms with E-state index >= 15 is 0 Å². The van der Waals surface area contributed by atoms with Gasteiger partial charge in [-0.1, -0.05) is 12.1 Å². The SMILES string of the molecule is CNC1CC1.N#CC(C(=O)NCC=O)c1nc2ccccc2s1. The predicted molar refractivity (Wildman–Crippen MR) is 89.1 cm³/mol. The van der Waals surface area contributed by atoms with Crippen LogP contribution < -0.4 is 10.6 Å². The molecule has 0 saturated heterocycles. The van der Waals surface area contributed by atoms with Gasteiger partial charge in [0, 0.05) is 6.04 Å². The number of para-hydroxylation sites is 1. The van der Waals surface area contributed by atoms with Gasteiger partial charge in [0.15, 0.2) is 5.92 Å². The van der Waals surface area contributed by atoms with Crippen LogP contribution in [0.1, 0.15) is 23.8 Å². The second-order valence-corrected chi connectivity index (χ2v) is 6.12. The maximum absolute atomic E-state index is 11.7. The number of hydrogen-bond acceptors (Lipinski definition) is 6. The lowest BCUT2D eigenvalue weighted by molar-refractivity contribution is -0.122. The Balaban J connectivity index is 0.000000326. The van der Waals surface area contributed by atoms with E-state index in [2.05, 4.69) is 15.6 Å². The van der Waals surface area contributed by atoms with Crippen molar-refractivity contribution in [3.8, 4) is 6.07 Å². The summed E-state index contributed by atoms with van der Waals surface area (Å²) in [6.07, 6.45) is 3.37. The highest BCUT2D eigenvalue weighted by Gasteiger charge is 2.23. The van der Waals surface area contributed by atoms with Gasteiger partial charge in [-0.15, -0.1) is 11.3 Å². The Morgan fingerprint density at radius 3 is 2.78 bits per heavy atom. The van der Waals surface area contributed by atoms with Crippen LogP contribution in [0.15, 0.2) is 24.3 Å². The Labute approximate surface area is 138 Å². The summed E-state index contributed by atoms with van der Waals surface area (Å²) in [5.74, 6) is -1.47. The summed E-state index contributed by atoms with van der Waals surface area (Å²) in [6.45, 7) is -0.0953. The molecule has 120 valence electrons. The second kappa shape index (κ2) is 8.36. The molecule has 1 aromatic carbocycles. The van der Waals surface area contributed by atoms with Gasteiger partial charge in [-0.05, 0) is 32.0 Å². The van der Waals surface area contributed by atoms with Gasteiger partial charge in [0.2, 0.25) is 5.91 Å². The van der Waals surface area contributed by atoms with Gasteiger partial charge in [-0.25, -0.2) is 4.98 Å². The van der Waals surface area contributed by atoms with Gasteiger partial charge in [0.05, 0.1) is 22.8 Å². The minimum Gasteiger partial charge on any atom is -0.348 e. The molecule has 7 heteroatoms. The van der Waals surface area contributed by atoms with Crippen molar-refractivity contribution in [2.24, 2.45) is 0 Å². The van der Waals surface area contributed by atoms with E-state index in [1.807, 2.05) is 37.4 Å². The third-order valence-electron chi connectivity index (χ3n) is 3.29. The molecule has 3 rings (SSSR count). The minimum atomic E-state index is -0.970. The third kappa shape index (κ3) is 4.84. The Kier molecular flexibility index (Phi) is 6.20. The fourth-order valence-electron chi connectivity index (χ4n) is 1.86. The lowest BCUT2D eigenvalue weighted by atomic mass is 10.1. The van der Waals surface area contributed by atoms with Crippen molar-refractivity contribution in [2.45, 2.75) is 24.8 Å². The summed E-state index contributed by atoms with van der Waals surface area (Å²) < 4.78 is 0.927. The topological polar surface area (TPSA) is 94.9 Å². The number of aromatic nitrogens is 1. The quantitative estimate of drug-likeness (QED) is 0.812. The molecule has 1 amide bonds. The highest BCUT2D eigenvalue weighted by atomic mass is 32.1. The molecule has 2 aromatic rings. The van der Waals surface area contributed by atoms with E-state index in [0.29, 0.717) is 11.3 Å². The number of benzene rings is 1. The highest BCUT2D eigenvalue weighted by Crippen LogP contribution is 2.27. The monoisotopic (exact) mass is 330 g/mol. The molecule has 1 fully saturated rings. The Morgan fingerprint density at radius 1 is 1.52 bits per heavy atom. The van der Waals surface area contributed by atoms with E-state index in [0.717, 1.165) is 16.3 Å². The normalized spacial score (nSPS) is 14.3. The van der Waals surface area contributed by atoms with Crippen molar-refractivity contribution in [1.29, 1.82) is 5.26 Å². The van der Waals surface area contributed by atoms with Crippen LogP contribution in [0.3, 0.4) is 0 Å². The summed E-state index contributed by atoms with van der Waals surface area (Å²) in [5, 5.41) is 15.0. The number of carbonyl (C=O) groups is 2. The first-order chi connectivity index (χ1) is 11.2. The van der Waals surface area contributed by atoms with E-state index in [-0.39, 0.29) is 6.54 Å². The van der Waals surface area contributed by atoms with Crippen molar-refractivity contribution in [3.05, 3.63) is 29.3 Å². The first-order valence-electron chi connectivity index (χ1n) is 7.33. The Morgan fingerprint density at radius 2 is 2.26 bits per heavy atom. The van der Waals surface area contributed by atoms with Crippen LogP contribution >= 0.6 is 11.3 Å². The van der Waals surface area contributed by atoms with Gasteiger partial charge in [-0.2, -0.15) is 5.26 Å². The van der Waals surface area contributed by atoms with Crippen molar-refractivity contribution in [2.75, 3.05) is 13.6 Å². The van der Waals surface area contributed by atoms with Crippen LogP contribution in [0.5, 0.6) is 0 Å². The van der Waals surface area contributed by atoms with Crippen LogP contribution in [0.2, 0.25) is 0 Å². The average molecular weight is 330 g/mol. The third-order valence-corrected chi connectivity index (χ3v) is 4.40. The number of rotatable bonds is 5. The van der Waals surface area contributed by atoms with Crippen LogP contribution in [0, 0.1) is 11.3 Å². The summed E-state index contributed by atoms with van der Waals surface area (Å²) in [5.41, 5.74) is 0.765. The molecule has 1 heterocycles. The minimum absolute atomic E-state index is 0.0953. The maximum Gasteiger partial charge on any atom is 0.244 e. The number of nitrogens with zero attached hydrogens (tertiary/aromatic N) is 2. The van der Waals surface area contributed by atoms with E-state index in [4.69, 9.17) is 5.26 Å². The van der Waals surface area contributed by atoms with E-state index in [9.17, 15) is 9.59 Å². The van der Waals surface area contributed by atoms with Gasteiger partial charge in [0.1, 0.15) is 11.3 Å². The van der Waals surface area contributed by atoms with E-state index < -0.39 is 11.8 Å². The molecule has 1 aliphatic rings. The van der Waals surface area contributed by atoms with Crippen molar-refractivity contribution < 1.29 is 9.59 Å². The molecule has 1 aromatic heterocycles. The van der Waals surface area contributed by atoms with Gasteiger partial charge in [0.25, 0.3) is 0 Å². The van der Waals surface area contributed by atoms with Crippen LogP contribution in [-0.2, 0) is 9.59 Å². The second-order valence-electron chi connectivity index (χ2n) is 5.06. The summed E-state index contributed by atoms with van der Waals surface area (Å²) in [4.78, 5) is 26.1. The molecular formula is C16H18N4O2S. The maximum atomic E-state index is 11.7. The number of aldehydes is 1. The fourth-order valence-corrected chi connectivity index (χ4v) is 2.87. The van der Waals surface area contributed by atoms with E-state index in [1.54, 1.807) is 0 Å². The molecule has 0 spiro atoms. The number of thiazole rings is 1. The number of carbonyl (C=O) groups excluding carboxylic acids is 2. The smallest absolute Gasteiger partial charge is 0.244 e. The molecular weight excluding hydrogens is 312 g/mol. The molecule has 1 atom stereocenters. The molecule has 1 unspecified atom stereocenters. The first-order valence-corrected chi connectivity index (χ1v) is 8.15. The van der Waals surface area contributed by atoms with Gasteiger partial charge >= 0.3 is 0 Å². The van der Waals surface area contributed by atoms with Crippen LogP contribution in [-0.4, -0.2) is 36.8 Å². The number of nitrogens with one attached hydrogen (secondary N) is 2. The van der Waals surface area contributed by atoms with Gasteiger partial charge < -0.3 is 15.4 Å². The summed E-state index contributed by atoms with van der Waals surface area (Å²) in [6, 6.07) is 10.2. The number of fused-ring (bicyclic) bond motifs is 1. The molecule has 0 aliphatic heterocycles. The zero-order valence-corrected chi connectivity index (χ0v) is 13.6. The molecule has 23 heavy (non-hydrogen) atoms. The van der Waals surface area contributed by atoms with Crippen molar-refractivity contribution in [3.63, 3.8) is 0 Å². The zero-order valence-electron chi connectivity index (χ0n) is 12.8. The molecule has 0 radical (unpaired) electrons. The molecule has 2 N–H and O–H groups in total. The number of hydrogen-bond donors (Lipinski definition) is 2. The molecule has 1 aliphatic carbocycles. The van der Waals surface area contributed by atoms with E-state index in [1.165, 1.54) is 24.2 Å². The average Bonchev–Trinajstić information content (AvgIpc) is 3.32. The first kappa shape index (κ1) is 17.1. The fraction of sp³-hybridized carbons (Fsp3) is 0.375. The standard InChI is InChI=1S/C12H9N3O2S.C4H9N/c13-7-8(11(17)14-5-6-16)12-15-9-3-1-2-4-10(9)18-12;1-5-4-2-3-4/h1-4,6,8H,5H2,(H,14,17);4-5H,2-3H2,1H3. The predicted octanol–water partition coefficient (Wildman–Crippen LogP) is 1.59. The van der Waals surface area contributed by atoms with Crippen LogP contribution in [0.4, 0.5) is 0 Å². The Bertz CT molecular complexity index is 685. The number of amides is 1. The Hall–Kier alpha value is -2.30. The molecule has 0 bridgehead atoms. The lowest BCUT2D eigenvalue weighted by Crippen LogP contribution is -2.30. The highest BCUT2D eigenvalue weighted by molar-refractivity contribution is 7.18. The lowest BCUT2D eigenvalue weighted by Gasteiger charge is -2.04. The molecule has 6 nitrogen and oxygen atoms in total. The largest absolute Gasteiger partial charge is 0.348 e. The molecule has 1 saturated carbocycles. The summed E-state index contributed by atoms with van der Waals surface area (Å²) in [7, 11) is 2.01. The van der Waals surface area contributed by atoms with Crippen molar-refractivity contribution in [1.82, 2.24) is 15.6 Å². The van der Waals surface area contributed by atoms with Crippen LogP contribution in [0.25, 0.3) is 10.2 Å². The number of nitriles is 1. The zero-order chi connectivity index (χ0) is 16.7. The van der Waals surface area contributed by atoms with Crippen molar-refractivity contribution >= 4 is 33.7 Å². The summed E-state index contributed by atoms with van der Waals surface area (Å²) >= 11 is 1.31. The van der Waals surface area contributed by atoms with Gasteiger partial charge in [-0.3, -0.25) is 4.79 Å².